The van der Waals surface area contributed by atoms with Crippen LogP contribution in [0, 0.1) is 11.8 Å². The first-order valence-corrected chi connectivity index (χ1v) is 7.71. The first-order chi connectivity index (χ1) is 9.69. The van der Waals surface area contributed by atoms with Gasteiger partial charge in [0.05, 0.1) is 13.2 Å². The first kappa shape index (κ1) is 13.9. The van der Waals surface area contributed by atoms with Crippen molar-refractivity contribution in [2.24, 2.45) is 11.8 Å². The van der Waals surface area contributed by atoms with Gasteiger partial charge in [-0.2, -0.15) is 0 Å². The minimum atomic E-state index is -0.0781. The maximum absolute atomic E-state index is 9.92. The van der Waals surface area contributed by atoms with Crippen LogP contribution in [-0.2, 0) is 0 Å². The van der Waals surface area contributed by atoms with E-state index in [4.69, 9.17) is 4.74 Å². The number of likely N-dealkylation sites (tertiary alicyclic amines) is 1. The number of aliphatic hydroxyl groups excluding tert-OH is 1. The van der Waals surface area contributed by atoms with E-state index in [1.54, 1.807) is 7.11 Å². The molecule has 1 aromatic rings. The van der Waals surface area contributed by atoms with E-state index in [2.05, 4.69) is 30.1 Å². The van der Waals surface area contributed by atoms with E-state index >= 15 is 0 Å². The average Bonchev–Trinajstić information content (AvgIpc) is 2.47. The predicted molar refractivity (Wildman–Crippen MR) is 79.8 cm³/mol. The summed E-state index contributed by atoms with van der Waals surface area (Å²) >= 11 is 0. The molecule has 1 aliphatic heterocycles. The van der Waals surface area contributed by atoms with E-state index in [1.165, 1.54) is 12.0 Å². The van der Waals surface area contributed by atoms with E-state index in [-0.39, 0.29) is 6.10 Å². The smallest absolute Gasteiger partial charge is 0.119 e. The molecule has 20 heavy (non-hydrogen) atoms. The third-order valence-corrected chi connectivity index (χ3v) is 5.18. The Balaban J connectivity index is 1.88. The molecule has 0 spiro atoms. The maximum atomic E-state index is 9.92. The topological polar surface area (TPSA) is 32.7 Å². The molecule has 1 N–H and O–H groups in total. The van der Waals surface area contributed by atoms with Crippen molar-refractivity contribution in [3.05, 3.63) is 29.8 Å². The van der Waals surface area contributed by atoms with Gasteiger partial charge in [0.25, 0.3) is 0 Å². The van der Waals surface area contributed by atoms with Crippen LogP contribution < -0.4 is 4.74 Å². The van der Waals surface area contributed by atoms with Crippen LogP contribution in [-0.4, -0.2) is 36.8 Å². The molecule has 1 saturated carbocycles. The number of methoxy groups -OCH3 is 1. The molecule has 1 unspecified atom stereocenters. The average molecular weight is 275 g/mol. The summed E-state index contributed by atoms with van der Waals surface area (Å²) in [4.78, 5) is 2.48. The summed E-state index contributed by atoms with van der Waals surface area (Å²) in [7, 11) is 3.95. The highest BCUT2D eigenvalue weighted by Crippen LogP contribution is 2.46. The molecule has 4 atom stereocenters. The highest BCUT2D eigenvalue weighted by molar-refractivity contribution is 5.31. The lowest BCUT2D eigenvalue weighted by Crippen LogP contribution is -2.44. The molecule has 0 radical (unpaired) electrons. The minimum absolute atomic E-state index is 0.0781. The normalized spacial score (nSPS) is 34.5. The van der Waals surface area contributed by atoms with Gasteiger partial charge >= 0.3 is 0 Å². The number of fused-ring (bicyclic) bond motifs is 1. The number of hydrogen-bond acceptors (Lipinski definition) is 3. The van der Waals surface area contributed by atoms with Crippen LogP contribution in [0.15, 0.2) is 24.3 Å². The number of benzene rings is 1. The summed E-state index contributed by atoms with van der Waals surface area (Å²) < 4.78 is 5.38. The zero-order chi connectivity index (χ0) is 14.1. The summed E-state index contributed by atoms with van der Waals surface area (Å²) in [6, 6.07) is 8.96. The molecule has 3 nitrogen and oxygen atoms in total. The number of piperidine rings is 1. The van der Waals surface area contributed by atoms with Crippen molar-refractivity contribution in [1.29, 1.82) is 0 Å². The summed E-state index contributed by atoms with van der Waals surface area (Å²) in [5.41, 5.74) is 1.36. The van der Waals surface area contributed by atoms with E-state index in [0.29, 0.717) is 17.9 Å². The lowest BCUT2D eigenvalue weighted by Gasteiger charge is -2.47. The molecule has 1 aliphatic carbocycles. The van der Waals surface area contributed by atoms with E-state index in [9.17, 15) is 5.11 Å². The van der Waals surface area contributed by atoms with Gasteiger partial charge in [-0.15, -0.1) is 0 Å². The Hall–Kier alpha value is -1.06. The second-order valence-electron chi connectivity index (χ2n) is 6.38. The zero-order valence-electron chi connectivity index (χ0n) is 12.5. The fourth-order valence-electron chi connectivity index (χ4n) is 4.17. The van der Waals surface area contributed by atoms with Crippen molar-refractivity contribution in [3.63, 3.8) is 0 Å². The van der Waals surface area contributed by atoms with Gasteiger partial charge in [0, 0.05) is 6.04 Å². The fourth-order valence-corrected chi connectivity index (χ4v) is 4.17. The SMILES string of the molecule is COc1cccc([C@@H]2C3CC[C@H](O)C[C@H]3CCN2C)c1. The van der Waals surface area contributed by atoms with Gasteiger partial charge in [-0.05, 0) is 68.8 Å². The summed E-state index contributed by atoms with van der Waals surface area (Å²) in [6.07, 6.45) is 4.22. The van der Waals surface area contributed by atoms with Crippen LogP contribution in [0.25, 0.3) is 0 Å². The largest absolute Gasteiger partial charge is 0.497 e. The van der Waals surface area contributed by atoms with Crippen molar-refractivity contribution < 1.29 is 9.84 Å². The van der Waals surface area contributed by atoms with Gasteiger partial charge in [0.15, 0.2) is 0 Å². The van der Waals surface area contributed by atoms with Crippen LogP contribution in [0.2, 0.25) is 0 Å². The number of ether oxygens (including phenoxy) is 1. The third-order valence-electron chi connectivity index (χ3n) is 5.18. The van der Waals surface area contributed by atoms with Crippen LogP contribution >= 0.6 is 0 Å². The number of nitrogens with zero attached hydrogens (tertiary/aromatic N) is 1. The Morgan fingerprint density at radius 1 is 1.25 bits per heavy atom. The molecular weight excluding hydrogens is 250 g/mol. The molecule has 1 heterocycles. The Labute approximate surface area is 121 Å². The first-order valence-electron chi connectivity index (χ1n) is 7.71. The van der Waals surface area contributed by atoms with Crippen molar-refractivity contribution in [2.75, 3.05) is 20.7 Å². The fraction of sp³-hybridized carbons (Fsp3) is 0.647. The van der Waals surface area contributed by atoms with Crippen molar-refractivity contribution in [3.8, 4) is 5.75 Å². The lowest BCUT2D eigenvalue weighted by atomic mass is 9.68. The number of hydrogen-bond donors (Lipinski definition) is 1. The molecule has 110 valence electrons. The van der Waals surface area contributed by atoms with Crippen LogP contribution in [0.3, 0.4) is 0 Å². The van der Waals surface area contributed by atoms with Crippen LogP contribution in [0.4, 0.5) is 0 Å². The number of rotatable bonds is 2. The monoisotopic (exact) mass is 275 g/mol. The van der Waals surface area contributed by atoms with Gasteiger partial charge in [-0.1, -0.05) is 12.1 Å². The molecular formula is C17H25NO2. The zero-order valence-corrected chi connectivity index (χ0v) is 12.5. The predicted octanol–water partition coefficient (Wildman–Crippen LogP) is 2.85. The summed E-state index contributed by atoms with van der Waals surface area (Å²) in [5.74, 6) is 2.28. The molecule has 3 rings (SSSR count). The van der Waals surface area contributed by atoms with E-state index in [1.807, 2.05) is 6.07 Å². The van der Waals surface area contributed by atoms with Crippen LogP contribution in [0.1, 0.15) is 37.3 Å². The molecule has 1 saturated heterocycles. The van der Waals surface area contributed by atoms with Gasteiger partial charge in [0.2, 0.25) is 0 Å². The van der Waals surface area contributed by atoms with Crippen molar-refractivity contribution >= 4 is 0 Å². The van der Waals surface area contributed by atoms with Crippen molar-refractivity contribution in [1.82, 2.24) is 4.90 Å². The lowest BCUT2D eigenvalue weighted by molar-refractivity contribution is -0.00883. The molecule has 0 aromatic heterocycles. The standard InChI is InChI=1S/C17H25NO2/c1-18-9-8-12-10-14(19)6-7-16(12)17(18)13-4-3-5-15(11-13)20-2/h3-5,11-12,14,16-17,19H,6-10H2,1-2H3/t12-,14+,16?,17-/m1/s1. The quantitative estimate of drug-likeness (QED) is 0.901. The molecule has 1 aromatic carbocycles. The molecule has 0 bridgehead atoms. The summed E-state index contributed by atoms with van der Waals surface area (Å²) in [5, 5.41) is 9.92. The maximum Gasteiger partial charge on any atom is 0.119 e. The second-order valence-corrected chi connectivity index (χ2v) is 6.38. The third kappa shape index (κ3) is 2.57. The van der Waals surface area contributed by atoms with E-state index in [0.717, 1.165) is 31.6 Å². The summed E-state index contributed by atoms with van der Waals surface area (Å²) in [6.45, 7) is 1.12. The second kappa shape index (κ2) is 5.74. The number of aliphatic hydroxyl groups is 1. The molecule has 0 amide bonds. The Kier molecular flexibility index (Phi) is 3.99. The molecule has 2 aliphatic rings. The highest BCUT2D eigenvalue weighted by Gasteiger charge is 2.40. The minimum Gasteiger partial charge on any atom is -0.497 e. The Bertz CT molecular complexity index is 462. The van der Waals surface area contributed by atoms with Gasteiger partial charge in [0.1, 0.15) is 5.75 Å². The van der Waals surface area contributed by atoms with E-state index < -0.39 is 0 Å². The van der Waals surface area contributed by atoms with Crippen LogP contribution in [0.5, 0.6) is 5.75 Å². The Morgan fingerprint density at radius 2 is 2.10 bits per heavy atom. The highest BCUT2D eigenvalue weighted by atomic mass is 16.5. The van der Waals surface area contributed by atoms with Gasteiger partial charge in [-0.25, -0.2) is 0 Å². The molecule has 2 fully saturated rings. The molecule has 3 heteroatoms. The van der Waals surface area contributed by atoms with Gasteiger partial charge in [-0.3, -0.25) is 4.90 Å². The van der Waals surface area contributed by atoms with Crippen molar-refractivity contribution in [2.45, 2.75) is 37.8 Å². The van der Waals surface area contributed by atoms with Gasteiger partial charge < -0.3 is 9.84 Å². The Morgan fingerprint density at radius 3 is 2.90 bits per heavy atom.